The van der Waals surface area contributed by atoms with Crippen molar-refractivity contribution in [3.05, 3.63) is 94.1 Å². The van der Waals surface area contributed by atoms with Gasteiger partial charge in [-0.15, -0.1) is 0 Å². The minimum Gasteiger partial charge on any atom is -0.497 e. The number of aryl methyl sites for hydroxylation is 2. The predicted molar refractivity (Wildman–Crippen MR) is 123 cm³/mol. The fourth-order valence-corrected chi connectivity index (χ4v) is 3.79. The molecule has 2 amide bonds. The van der Waals surface area contributed by atoms with Gasteiger partial charge in [-0.2, -0.15) is 0 Å². The molecule has 0 fully saturated rings. The van der Waals surface area contributed by atoms with Crippen LogP contribution in [0.4, 0.5) is 11.4 Å². The van der Waals surface area contributed by atoms with Gasteiger partial charge in [0.1, 0.15) is 11.4 Å². The monoisotopic (exact) mass is 432 g/mol. The van der Waals surface area contributed by atoms with E-state index in [2.05, 4.69) is 5.32 Å². The van der Waals surface area contributed by atoms with Crippen molar-refractivity contribution >= 4 is 40.4 Å². The number of hydrogen-bond acceptors (Lipinski definition) is 4. The molecule has 1 heterocycles. The fraction of sp³-hybridized carbons (Fsp3) is 0.120. The lowest BCUT2D eigenvalue weighted by Crippen LogP contribution is -2.33. The molecule has 0 spiro atoms. The Morgan fingerprint density at radius 3 is 2.32 bits per heavy atom. The van der Waals surface area contributed by atoms with Gasteiger partial charge in [-0.05, 0) is 55.3 Å². The van der Waals surface area contributed by atoms with Crippen molar-refractivity contribution in [3.63, 3.8) is 0 Å². The highest BCUT2D eigenvalue weighted by Crippen LogP contribution is 2.36. The maximum absolute atomic E-state index is 13.5. The van der Waals surface area contributed by atoms with Crippen molar-refractivity contribution < 1.29 is 14.3 Å². The number of hydrogen-bond donors (Lipinski definition) is 1. The second-order valence-corrected chi connectivity index (χ2v) is 7.79. The Bertz CT molecular complexity index is 1220. The van der Waals surface area contributed by atoms with Crippen LogP contribution in [0.1, 0.15) is 16.7 Å². The Kier molecular flexibility index (Phi) is 5.53. The molecule has 4 rings (SSSR count). The van der Waals surface area contributed by atoms with Crippen LogP contribution in [-0.2, 0) is 9.59 Å². The average Bonchev–Trinajstić information content (AvgIpc) is 2.99. The first-order chi connectivity index (χ1) is 14.9. The highest BCUT2D eigenvalue weighted by atomic mass is 35.5. The van der Waals surface area contributed by atoms with Crippen molar-refractivity contribution in [2.45, 2.75) is 13.8 Å². The van der Waals surface area contributed by atoms with E-state index in [-0.39, 0.29) is 11.6 Å². The Balaban J connectivity index is 1.83. The molecule has 1 aliphatic heterocycles. The Hall–Kier alpha value is -3.57. The SMILES string of the molecule is COc1cccc(NC2=C(c3ccc(C)cc3)C(=O)N(c3ccc(Cl)cc3C)C2=O)c1. The lowest BCUT2D eigenvalue weighted by molar-refractivity contribution is -0.120. The van der Waals surface area contributed by atoms with E-state index in [9.17, 15) is 9.59 Å². The Morgan fingerprint density at radius 1 is 0.903 bits per heavy atom. The third-order valence-electron chi connectivity index (χ3n) is 5.16. The maximum Gasteiger partial charge on any atom is 0.282 e. The maximum atomic E-state index is 13.5. The fourth-order valence-electron chi connectivity index (χ4n) is 3.57. The molecule has 0 aliphatic carbocycles. The largest absolute Gasteiger partial charge is 0.497 e. The molecule has 1 aliphatic rings. The first-order valence-corrected chi connectivity index (χ1v) is 10.1. The van der Waals surface area contributed by atoms with Gasteiger partial charge in [0.25, 0.3) is 11.8 Å². The van der Waals surface area contributed by atoms with Gasteiger partial charge in [0.05, 0.1) is 18.4 Å². The quantitative estimate of drug-likeness (QED) is 0.551. The number of nitrogens with one attached hydrogen (secondary N) is 1. The zero-order valence-corrected chi connectivity index (χ0v) is 18.2. The number of halogens is 1. The van der Waals surface area contributed by atoms with Crippen LogP contribution in [-0.4, -0.2) is 18.9 Å². The van der Waals surface area contributed by atoms with Gasteiger partial charge in [0.15, 0.2) is 0 Å². The van der Waals surface area contributed by atoms with Gasteiger partial charge in [-0.1, -0.05) is 47.5 Å². The third-order valence-corrected chi connectivity index (χ3v) is 5.40. The number of methoxy groups -OCH3 is 1. The molecule has 3 aromatic carbocycles. The molecule has 0 radical (unpaired) electrons. The third kappa shape index (κ3) is 3.92. The molecule has 0 unspecified atom stereocenters. The summed E-state index contributed by atoms with van der Waals surface area (Å²) in [5, 5.41) is 3.69. The summed E-state index contributed by atoms with van der Waals surface area (Å²) in [7, 11) is 1.57. The molecule has 1 N–H and O–H groups in total. The second-order valence-electron chi connectivity index (χ2n) is 7.35. The standard InChI is InChI=1S/C25H21ClN2O3/c1-15-7-9-17(10-8-15)22-23(27-19-5-4-6-20(14-19)31-3)25(30)28(24(22)29)21-12-11-18(26)13-16(21)2/h4-14,27H,1-3H3. The van der Waals surface area contributed by atoms with Gasteiger partial charge < -0.3 is 10.1 Å². The summed E-state index contributed by atoms with van der Waals surface area (Å²) in [6, 6.07) is 19.8. The van der Waals surface area contributed by atoms with Crippen molar-refractivity contribution in [2.75, 3.05) is 17.3 Å². The molecule has 6 heteroatoms. The van der Waals surface area contributed by atoms with Crippen molar-refractivity contribution in [3.8, 4) is 5.75 Å². The number of rotatable bonds is 5. The van der Waals surface area contributed by atoms with Crippen LogP contribution in [0.3, 0.4) is 0 Å². The molecular weight excluding hydrogens is 412 g/mol. The molecule has 5 nitrogen and oxygen atoms in total. The number of carbonyl (C=O) groups is 2. The van der Waals surface area contributed by atoms with E-state index >= 15 is 0 Å². The van der Waals surface area contributed by atoms with Crippen LogP contribution in [0.5, 0.6) is 5.75 Å². The number of ether oxygens (including phenoxy) is 1. The summed E-state index contributed by atoms with van der Waals surface area (Å²) in [5.41, 5.74) is 4.16. The summed E-state index contributed by atoms with van der Waals surface area (Å²) < 4.78 is 5.28. The first-order valence-electron chi connectivity index (χ1n) is 9.76. The first kappa shape index (κ1) is 20.7. The van der Waals surface area contributed by atoms with Crippen LogP contribution in [0, 0.1) is 13.8 Å². The summed E-state index contributed by atoms with van der Waals surface area (Å²) >= 11 is 6.08. The highest BCUT2D eigenvalue weighted by molar-refractivity contribution is 6.46. The average molecular weight is 433 g/mol. The van der Waals surface area contributed by atoms with Gasteiger partial charge in [-0.25, -0.2) is 4.90 Å². The smallest absolute Gasteiger partial charge is 0.282 e. The number of nitrogens with zero attached hydrogens (tertiary/aromatic N) is 1. The molecule has 0 atom stereocenters. The van der Waals surface area contributed by atoms with E-state index in [1.165, 1.54) is 4.90 Å². The molecule has 0 aromatic heterocycles. The Labute approximate surface area is 185 Å². The number of anilines is 2. The minimum absolute atomic E-state index is 0.219. The molecule has 31 heavy (non-hydrogen) atoms. The molecular formula is C25H21ClN2O3. The lowest BCUT2D eigenvalue weighted by Gasteiger charge is -2.18. The number of imide groups is 1. The minimum atomic E-state index is -0.422. The normalized spacial score (nSPS) is 13.7. The zero-order valence-electron chi connectivity index (χ0n) is 17.4. The number of carbonyl (C=O) groups excluding carboxylic acids is 2. The van der Waals surface area contributed by atoms with Crippen LogP contribution in [0.2, 0.25) is 5.02 Å². The summed E-state index contributed by atoms with van der Waals surface area (Å²) in [4.78, 5) is 28.2. The number of amides is 2. The van der Waals surface area contributed by atoms with Crippen LogP contribution in [0.15, 0.2) is 72.4 Å². The molecule has 0 saturated heterocycles. The van der Waals surface area contributed by atoms with E-state index < -0.39 is 5.91 Å². The van der Waals surface area contributed by atoms with Crippen LogP contribution < -0.4 is 15.0 Å². The topological polar surface area (TPSA) is 58.6 Å². The van der Waals surface area contributed by atoms with E-state index in [4.69, 9.17) is 16.3 Å². The van der Waals surface area contributed by atoms with E-state index in [1.807, 2.05) is 56.3 Å². The number of benzene rings is 3. The van der Waals surface area contributed by atoms with Crippen LogP contribution in [0.25, 0.3) is 5.57 Å². The van der Waals surface area contributed by atoms with Gasteiger partial charge in [-0.3, -0.25) is 9.59 Å². The van der Waals surface area contributed by atoms with E-state index in [0.29, 0.717) is 33.3 Å². The van der Waals surface area contributed by atoms with Gasteiger partial charge in [0.2, 0.25) is 0 Å². The van der Waals surface area contributed by atoms with Gasteiger partial charge >= 0.3 is 0 Å². The molecule has 0 saturated carbocycles. The van der Waals surface area contributed by atoms with Crippen LogP contribution >= 0.6 is 11.6 Å². The molecule has 0 bridgehead atoms. The van der Waals surface area contributed by atoms with Crippen molar-refractivity contribution in [1.82, 2.24) is 0 Å². The summed E-state index contributed by atoms with van der Waals surface area (Å²) in [6.45, 7) is 3.79. The van der Waals surface area contributed by atoms with Crippen molar-refractivity contribution in [2.24, 2.45) is 0 Å². The van der Waals surface area contributed by atoms with E-state index in [0.717, 1.165) is 11.1 Å². The lowest BCUT2D eigenvalue weighted by atomic mass is 10.0. The van der Waals surface area contributed by atoms with E-state index in [1.54, 1.807) is 31.4 Å². The molecule has 3 aromatic rings. The molecule has 156 valence electrons. The van der Waals surface area contributed by atoms with Gasteiger partial charge in [0, 0.05) is 16.8 Å². The summed E-state index contributed by atoms with van der Waals surface area (Å²) in [5.74, 6) is -0.164. The van der Waals surface area contributed by atoms with Crippen molar-refractivity contribution in [1.29, 1.82) is 0 Å². The zero-order chi connectivity index (χ0) is 22.1. The highest BCUT2D eigenvalue weighted by Gasteiger charge is 2.40. The Morgan fingerprint density at radius 2 is 1.65 bits per heavy atom. The second kappa shape index (κ2) is 8.28. The summed E-state index contributed by atoms with van der Waals surface area (Å²) in [6.07, 6.45) is 0. The predicted octanol–water partition coefficient (Wildman–Crippen LogP) is 5.36.